The molecule has 0 unspecified atom stereocenters. The average molecular weight is 312 g/mol. The summed E-state index contributed by atoms with van der Waals surface area (Å²) in [6, 6.07) is 0. The van der Waals surface area contributed by atoms with Crippen LogP contribution in [0.5, 0.6) is 0 Å². The summed E-state index contributed by atoms with van der Waals surface area (Å²) in [7, 11) is 0. The van der Waals surface area contributed by atoms with Crippen LogP contribution in [0.15, 0.2) is 0 Å². The standard InChI is InChI=1S/C16H28N2O4/c1-2-11-17-13(19)7-6-8-14(20)18-12-16(15(21)22)9-4-3-5-10-16/h2-12H2,1H3,(H,17,19)(H,18,20)(H,21,22). The van der Waals surface area contributed by atoms with Gasteiger partial charge in [-0.05, 0) is 25.7 Å². The molecule has 126 valence electrons. The number of nitrogens with one attached hydrogen (secondary N) is 2. The van der Waals surface area contributed by atoms with Gasteiger partial charge in [0.15, 0.2) is 0 Å². The van der Waals surface area contributed by atoms with Crippen LogP contribution in [0.25, 0.3) is 0 Å². The first-order chi connectivity index (χ1) is 10.5. The number of rotatable bonds is 9. The predicted molar refractivity (Wildman–Crippen MR) is 83.3 cm³/mol. The van der Waals surface area contributed by atoms with Crippen LogP contribution >= 0.6 is 0 Å². The Morgan fingerprint density at radius 3 is 2.14 bits per heavy atom. The number of amides is 2. The predicted octanol–water partition coefficient (Wildman–Crippen LogP) is 1.83. The summed E-state index contributed by atoms with van der Waals surface area (Å²) >= 11 is 0. The van der Waals surface area contributed by atoms with E-state index in [4.69, 9.17) is 0 Å². The molecule has 0 aromatic carbocycles. The Hall–Kier alpha value is -1.59. The molecule has 1 aliphatic rings. The lowest BCUT2D eigenvalue weighted by Gasteiger charge is -2.33. The van der Waals surface area contributed by atoms with Crippen molar-refractivity contribution in [3.63, 3.8) is 0 Å². The Morgan fingerprint density at radius 1 is 1.00 bits per heavy atom. The number of carbonyl (C=O) groups is 3. The lowest BCUT2D eigenvalue weighted by Crippen LogP contribution is -2.44. The van der Waals surface area contributed by atoms with E-state index in [1.54, 1.807) is 0 Å². The van der Waals surface area contributed by atoms with Gasteiger partial charge in [-0.3, -0.25) is 14.4 Å². The van der Waals surface area contributed by atoms with E-state index in [2.05, 4.69) is 10.6 Å². The lowest BCUT2D eigenvalue weighted by molar-refractivity contribution is -0.151. The first-order valence-electron chi connectivity index (χ1n) is 8.27. The van der Waals surface area contributed by atoms with E-state index in [-0.39, 0.29) is 24.8 Å². The highest BCUT2D eigenvalue weighted by Gasteiger charge is 2.39. The molecule has 0 aromatic rings. The zero-order chi connectivity index (χ0) is 16.4. The van der Waals surface area contributed by atoms with E-state index in [0.717, 1.165) is 25.7 Å². The SMILES string of the molecule is CCCNC(=O)CCCC(=O)NCC1(C(=O)O)CCCCC1. The van der Waals surface area contributed by atoms with Gasteiger partial charge in [0, 0.05) is 25.9 Å². The summed E-state index contributed by atoms with van der Waals surface area (Å²) in [6.07, 6.45) is 6.09. The third kappa shape index (κ3) is 6.03. The molecule has 0 bridgehead atoms. The Balaban J connectivity index is 2.26. The van der Waals surface area contributed by atoms with Crippen molar-refractivity contribution in [1.29, 1.82) is 0 Å². The molecule has 0 atom stereocenters. The number of carboxylic acid groups (broad SMARTS) is 1. The fraction of sp³-hybridized carbons (Fsp3) is 0.812. The van der Waals surface area contributed by atoms with Gasteiger partial charge in [-0.25, -0.2) is 0 Å². The number of hydrogen-bond acceptors (Lipinski definition) is 3. The van der Waals surface area contributed by atoms with Crippen molar-refractivity contribution in [2.45, 2.75) is 64.7 Å². The quantitative estimate of drug-likeness (QED) is 0.605. The molecule has 6 nitrogen and oxygen atoms in total. The lowest BCUT2D eigenvalue weighted by atomic mass is 9.74. The summed E-state index contributed by atoms with van der Waals surface area (Å²) in [6.45, 7) is 2.84. The smallest absolute Gasteiger partial charge is 0.311 e. The third-order valence-corrected chi connectivity index (χ3v) is 4.27. The third-order valence-electron chi connectivity index (χ3n) is 4.27. The Labute approximate surface area is 132 Å². The van der Waals surface area contributed by atoms with Crippen LogP contribution < -0.4 is 10.6 Å². The molecule has 3 N–H and O–H groups in total. The van der Waals surface area contributed by atoms with Crippen LogP contribution in [0, 0.1) is 5.41 Å². The Morgan fingerprint density at radius 2 is 1.59 bits per heavy atom. The normalized spacial score (nSPS) is 16.8. The van der Waals surface area contributed by atoms with Crippen molar-refractivity contribution in [2.24, 2.45) is 5.41 Å². The van der Waals surface area contributed by atoms with Gasteiger partial charge in [-0.15, -0.1) is 0 Å². The molecule has 0 aromatic heterocycles. The Kier molecular flexibility index (Phi) is 7.91. The second kappa shape index (κ2) is 9.43. The van der Waals surface area contributed by atoms with Gasteiger partial charge in [0.25, 0.3) is 0 Å². The van der Waals surface area contributed by atoms with Crippen molar-refractivity contribution < 1.29 is 19.5 Å². The van der Waals surface area contributed by atoms with Gasteiger partial charge < -0.3 is 15.7 Å². The molecular weight excluding hydrogens is 284 g/mol. The van der Waals surface area contributed by atoms with E-state index in [1.165, 1.54) is 0 Å². The van der Waals surface area contributed by atoms with Gasteiger partial charge in [0.1, 0.15) is 0 Å². The zero-order valence-corrected chi connectivity index (χ0v) is 13.5. The van der Waals surface area contributed by atoms with Crippen LogP contribution in [-0.4, -0.2) is 36.0 Å². The molecule has 0 aliphatic heterocycles. The van der Waals surface area contributed by atoms with Crippen LogP contribution in [0.4, 0.5) is 0 Å². The van der Waals surface area contributed by atoms with Gasteiger partial charge in [-0.1, -0.05) is 26.2 Å². The minimum atomic E-state index is -0.813. The summed E-state index contributed by atoms with van der Waals surface area (Å²) in [5.41, 5.74) is -0.799. The van der Waals surface area contributed by atoms with Crippen LogP contribution in [0.1, 0.15) is 64.7 Å². The van der Waals surface area contributed by atoms with Crippen molar-refractivity contribution in [1.82, 2.24) is 10.6 Å². The summed E-state index contributed by atoms with van der Waals surface area (Å²) in [5, 5.41) is 14.9. The van der Waals surface area contributed by atoms with Crippen LogP contribution in [-0.2, 0) is 14.4 Å². The van der Waals surface area contributed by atoms with Crippen LogP contribution in [0.2, 0.25) is 0 Å². The minimum absolute atomic E-state index is 0.0380. The molecule has 6 heteroatoms. The molecule has 2 amide bonds. The maximum Gasteiger partial charge on any atom is 0.311 e. The molecule has 0 saturated heterocycles. The van der Waals surface area contributed by atoms with Gasteiger partial charge in [-0.2, -0.15) is 0 Å². The number of aliphatic carboxylic acids is 1. The molecule has 1 rings (SSSR count). The molecule has 0 radical (unpaired) electrons. The second-order valence-electron chi connectivity index (χ2n) is 6.13. The molecular formula is C16H28N2O4. The fourth-order valence-electron chi connectivity index (χ4n) is 2.81. The largest absolute Gasteiger partial charge is 0.481 e. The van der Waals surface area contributed by atoms with Crippen molar-refractivity contribution in [3.05, 3.63) is 0 Å². The monoisotopic (exact) mass is 312 g/mol. The van der Waals surface area contributed by atoms with E-state index in [1.807, 2.05) is 6.92 Å². The highest BCUT2D eigenvalue weighted by Crippen LogP contribution is 2.36. The fourth-order valence-corrected chi connectivity index (χ4v) is 2.81. The first-order valence-corrected chi connectivity index (χ1v) is 8.27. The van der Waals surface area contributed by atoms with E-state index >= 15 is 0 Å². The molecule has 1 saturated carbocycles. The summed E-state index contributed by atoms with van der Waals surface area (Å²) in [5.74, 6) is -1.02. The van der Waals surface area contributed by atoms with Gasteiger partial charge in [0.05, 0.1) is 5.41 Å². The van der Waals surface area contributed by atoms with Gasteiger partial charge in [0.2, 0.25) is 11.8 Å². The molecule has 0 heterocycles. The second-order valence-corrected chi connectivity index (χ2v) is 6.13. The molecule has 1 aliphatic carbocycles. The highest BCUT2D eigenvalue weighted by atomic mass is 16.4. The van der Waals surface area contributed by atoms with Crippen molar-refractivity contribution >= 4 is 17.8 Å². The maximum atomic E-state index is 11.8. The van der Waals surface area contributed by atoms with E-state index < -0.39 is 11.4 Å². The first kappa shape index (κ1) is 18.5. The summed E-state index contributed by atoms with van der Waals surface area (Å²) < 4.78 is 0. The molecule has 0 spiro atoms. The maximum absolute atomic E-state index is 11.8. The van der Waals surface area contributed by atoms with E-state index in [0.29, 0.717) is 32.2 Å². The number of carboxylic acids is 1. The molecule has 22 heavy (non-hydrogen) atoms. The van der Waals surface area contributed by atoms with Gasteiger partial charge >= 0.3 is 5.97 Å². The minimum Gasteiger partial charge on any atom is -0.481 e. The number of carbonyl (C=O) groups excluding carboxylic acids is 2. The van der Waals surface area contributed by atoms with Crippen molar-refractivity contribution in [2.75, 3.05) is 13.1 Å². The van der Waals surface area contributed by atoms with Crippen LogP contribution in [0.3, 0.4) is 0 Å². The summed E-state index contributed by atoms with van der Waals surface area (Å²) in [4.78, 5) is 34.7. The molecule has 1 fully saturated rings. The zero-order valence-electron chi connectivity index (χ0n) is 13.5. The van der Waals surface area contributed by atoms with Crippen molar-refractivity contribution in [3.8, 4) is 0 Å². The van der Waals surface area contributed by atoms with E-state index in [9.17, 15) is 19.5 Å². The topological polar surface area (TPSA) is 95.5 Å². The Bertz CT molecular complexity index is 390. The number of hydrogen-bond donors (Lipinski definition) is 3. The average Bonchev–Trinajstić information content (AvgIpc) is 2.51. The highest BCUT2D eigenvalue weighted by molar-refractivity contribution is 5.80.